The zero-order valence-electron chi connectivity index (χ0n) is 6.91. The van der Waals surface area contributed by atoms with Gasteiger partial charge in [0.05, 0.1) is 6.42 Å². The van der Waals surface area contributed by atoms with E-state index in [1.54, 1.807) is 0 Å². The van der Waals surface area contributed by atoms with Gasteiger partial charge in [0.1, 0.15) is 5.25 Å². The summed E-state index contributed by atoms with van der Waals surface area (Å²) in [4.78, 5) is 30.6. The Morgan fingerprint density at radius 3 is 2.14 bits per heavy atom. The first-order valence-electron chi connectivity index (χ1n) is 3.43. The summed E-state index contributed by atoms with van der Waals surface area (Å²) in [5.74, 6) is -3.74. The molecule has 14 heavy (non-hydrogen) atoms. The number of carboxylic acids is 3. The zero-order valence-corrected chi connectivity index (χ0v) is 7.73. The first kappa shape index (κ1) is 12.5. The topological polar surface area (TPSA) is 112 Å². The van der Waals surface area contributed by atoms with Gasteiger partial charge in [-0.3, -0.25) is 9.59 Å². The normalized spacial score (nSPS) is 12.6. The van der Waals surface area contributed by atoms with Gasteiger partial charge in [0.15, 0.2) is 0 Å². The van der Waals surface area contributed by atoms with Crippen LogP contribution in [0.1, 0.15) is 6.42 Å². The van der Waals surface area contributed by atoms with Crippen LogP contribution in [0.5, 0.6) is 0 Å². The molecular formula is C7H8O6S. The molecule has 0 aromatic rings. The molecule has 78 valence electrons. The molecule has 0 aliphatic rings. The molecule has 0 aromatic carbocycles. The standard InChI is InChI=1S/C7H8O6S/c8-5(9)1-2-14-4(7(12)13)3-6(10)11/h1-2,4H,3H2,(H,8,9)(H,10,11)(H,12,13). The predicted octanol–water partition coefficient (Wildman–Crippen LogP) is 0.246. The van der Waals surface area contributed by atoms with E-state index in [9.17, 15) is 14.4 Å². The van der Waals surface area contributed by atoms with Gasteiger partial charge in [-0.15, -0.1) is 11.8 Å². The van der Waals surface area contributed by atoms with Gasteiger partial charge in [-0.1, -0.05) is 0 Å². The molecule has 3 N–H and O–H groups in total. The van der Waals surface area contributed by atoms with Crippen molar-refractivity contribution in [1.82, 2.24) is 0 Å². The Morgan fingerprint density at radius 2 is 1.79 bits per heavy atom. The summed E-state index contributed by atoms with van der Waals surface area (Å²) < 4.78 is 0. The van der Waals surface area contributed by atoms with E-state index in [2.05, 4.69) is 0 Å². The summed E-state index contributed by atoms with van der Waals surface area (Å²) in [6.07, 6.45) is 0.201. The highest BCUT2D eigenvalue weighted by Crippen LogP contribution is 2.16. The number of hydrogen-bond donors (Lipinski definition) is 3. The second kappa shape index (κ2) is 6.03. The summed E-state index contributed by atoms with van der Waals surface area (Å²) in [5, 5.41) is 24.9. The van der Waals surface area contributed by atoms with Crippen LogP contribution in [0.3, 0.4) is 0 Å². The van der Waals surface area contributed by atoms with Crippen molar-refractivity contribution in [3.8, 4) is 0 Å². The highest BCUT2D eigenvalue weighted by Gasteiger charge is 2.20. The van der Waals surface area contributed by atoms with Crippen molar-refractivity contribution in [2.75, 3.05) is 0 Å². The van der Waals surface area contributed by atoms with Crippen LogP contribution < -0.4 is 0 Å². The second-order valence-corrected chi connectivity index (χ2v) is 3.32. The van der Waals surface area contributed by atoms with Gasteiger partial charge < -0.3 is 15.3 Å². The minimum absolute atomic E-state index is 0.552. The van der Waals surface area contributed by atoms with E-state index >= 15 is 0 Å². The zero-order chi connectivity index (χ0) is 11.1. The third-order valence-corrected chi connectivity index (χ3v) is 2.08. The second-order valence-electron chi connectivity index (χ2n) is 2.20. The fourth-order valence-corrected chi connectivity index (χ4v) is 1.28. The van der Waals surface area contributed by atoms with Crippen molar-refractivity contribution in [2.45, 2.75) is 11.7 Å². The van der Waals surface area contributed by atoms with Gasteiger partial charge in [0.2, 0.25) is 0 Å². The molecule has 0 aliphatic heterocycles. The van der Waals surface area contributed by atoms with E-state index in [-0.39, 0.29) is 0 Å². The molecule has 0 radical (unpaired) electrons. The van der Waals surface area contributed by atoms with Crippen molar-refractivity contribution < 1.29 is 29.7 Å². The molecule has 0 aromatic heterocycles. The van der Waals surface area contributed by atoms with E-state index in [1.807, 2.05) is 0 Å². The maximum Gasteiger partial charge on any atom is 0.328 e. The first-order valence-corrected chi connectivity index (χ1v) is 4.37. The van der Waals surface area contributed by atoms with Crippen LogP contribution in [-0.2, 0) is 14.4 Å². The molecule has 0 aliphatic carbocycles. The van der Waals surface area contributed by atoms with Crippen molar-refractivity contribution in [1.29, 1.82) is 0 Å². The molecule has 0 saturated carbocycles. The van der Waals surface area contributed by atoms with E-state index < -0.39 is 29.6 Å². The van der Waals surface area contributed by atoms with Gasteiger partial charge in [-0.25, -0.2) is 4.79 Å². The molecule has 0 heterocycles. The average Bonchev–Trinajstić information content (AvgIpc) is 2.00. The van der Waals surface area contributed by atoms with Crippen LogP contribution in [0.4, 0.5) is 0 Å². The lowest BCUT2D eigenvalue weighted by Crippen LogP contribution is -2.19. The minimum atomic E-state index is -1.28. The van der Waals surface area contributed by atoms with Gasteiger partial charge >= 0.3 is 17.9 Å². The SMILES string of the molecule is O=C(O)C=CSC(CC(=O)O)C(=O)O. The molecule has 0 spiro atoms. The fourth-order valence-electron chi connectivity index (χ4n) is 0.545. The maximum absolute atomic E-state index is 10.4. The number of thioether (sulfide) groups is 1. The van der Waals surface area contributed by atoms with Gasteiger partial charge in [-0.2, -0.15) is 0 Å². The summed E-state index contributed by atoms with van der Waals surface area (Å²) in [6.45, 7) is 0. The monoisotopic (exact) mass is 220 g/mol. The van der Waals surface area contributed by atoms with E-state index in [4.69, 9.17) is 15.3 Å². The molecule has 7 heteroatoms. The number of hydrogen-bond acceptors (Lipinski definition) is 4. The van der Waals surface area contributed by atoms with Crippen LogP contribution in [0.25, 0.3) is 0 Å². The Morgan fingerprint density at radius 1 is 1.21 bits per heavy atom. The first-order chi connectivity index (χ1) is 6.43. The Hall–Kier alpha value is -1.50. The van der Waals surface area contributed by atoms with Crippen LogP contribution in [-0.4, -0.2) is 38.5 Å². The Labute approximate surface area is 83.2 Å². The molecule has 1 atom stereocenters. The van der Waals surface area contributed by atoms with Crippen molar-refractivity contribution in [2.24, 2.45) is 0 Å². The molecule has 0 fully saturated rings. The van der Waals surface area contributed by atoms with E-state index in [1.165, 1.54) is 0 Å². The summed E-state index contributed by atoms with van der Waals surface area (Å²) in [6, 6.07) is 0. The summed E-state index contributed by atoms with van der Waals surface area (Å²) in [7, 11) is 0. The molecule has 6 nitrogen and oxygen atoms in total. The van der Waals surface area contributed by atoms with Crippen LogP contribution in [0.2, 0.25) is 0 Å². The third kappa shape index (κ3) is 6.06. The summed E-state index contributed by atoms with van der Waals surface area (Å²) in [5.41, 5.74) is 0. The fraction of sp³-hybridized carbons (Fsp3) is 0.286. The smallest absolute Gasteiger partial charge is 0.328 e. The van der Waals surface area contributed by atoms with Crippen LogP contribution in [0, 0.1) is 0 Å². The highest BCUT2D eigenvalue weighted by atomic mass is 32.2. The number of rotatable bonds is 6. The van der Waals surface area contributed by atoms with Gasteiger partial charge in [0, 0.05) is 6.08 Å². The molecular weight excluding hydrogens is 212 g/mol. The molecule has 1 unspecified atom stereocenters. The number of carbonyl (C=O) groups is 3. The Balaban J connectivity index is 4.17. The van der Waals surface area contributed by atoms with E-state index in [0.29, 0.717) is 11.8 Å². The lowest BCUT2D eigenvalue weighted by molar-refractivity contribution is -0.142. The molecule has 0 rings (SSSR count). The van der Waals surface area contributed by atoms with Crippen molar-refractivity contribution in [3.05, 3.63) is 11.5 Å². The maximum atomic E-state index is 10.4. The number of carboxylic acid groups (broad SMARTS) is 3. The lowest BCUT2D eigenvalue weighted by atomic mass is 10.3. The Bertz CT molecular complexity index is 271. The third-order valence-electron chi connectivity index (χ3n) is 1.09. The van der Waals surface area contributed by atoms with E-state index in [0.717, 1.165) is 11.5 Å². The lowest BCUT2D eigenvalue weighted by Gasteiger charge is -2.04. The quantitative estimate of drug-likeness (QED) is 0.550. The molecule has 0 amide bonds. The Kier molecular flexibility index (Phi) is 5.38. The van der Waals surface area contributed by atoms with Crippen molar-refractivity contribution >= 4 is 29.7 Å². The predicted molar refractivity (Wildman–Crippen MR) is 48.0 cm³/mol. The molecule has 0 bridgehead atoms. The van der Waals surface area contributed by atoms with Crippen molar-refractivity contribution in [3.63, 3.8) is 0 Å². The highest BCUT2D eigenvalue weighted by molar-refractivity contribution is 8.03. The largest absolute Gasteiger partial charge is 0.481 e. The average molecular weight is 220 g/mol. The number of aliphatic carboxylic acids is 3. The van der Waals surface area contributed by atoms with Gasteiger partial charge in [-0.05, 0) is 5.41 Å². The minimum Gasteiger partial charge on any atom is -0.481 e. The van der Waals surface area contributed by atoms with Gasteiger partial charge in [0.25, 0.3) is 0 Å². The summed E-state index contributed by atoms with van der Waals surface area (Å²) >= 11 is 0.645. The van der Waals surface area contributed by atoms with Crippen LogP contribution >= 0.6 is 11.8 Å². The molecule has 0 saturated heterocycles. The van der Waals surface area contributed by atoms with Crippen LogP contribution in [0.15, 0.2) is 11.5 Å².